The lowest BCUT2D eigenvalue weighted by Crippen LogP contribution is -1.95. The van der Waals surface area contributed by atoms with E-state index < -0.39 is 0 Å². The Balaban J connectivity index is 1.55. The maximum absolute atomic E-state index is 9.21. The smallest absolute Gasteiger partial charge is 0.0991 e. The van der Waals surface area contributed by atoms with Gasteiger partial charge in [-0.15, -0.1) is 0 Å². The second-order valence-electron chi connectivity index (χ2n) is 8.46. The van der Waals surface area contributed by atoms with Crippen LogP contribution in [0.25, 0.3) is 55.0 Å². The van der Waals surface area contributed by atoms with Gasteiger partial charge in [0.1, 0.15) is 0 Å². The third-order valence-electron chi connectivity index (χ3n) is 6.64. The van der Waals surface area contributed by atoms with E-state index in [1.807, 2.05) is 42.7 Å². The summed E-state index contributed by atoms with van der Waals surface area (Å²) in [6.45, 7) is 0. The van der Waals surface area contributed by atoms with Crippen LogP contribution in [0.2, 0.25) is 0 Å². The van der Waals surface area contributed by atoms with Crippen molar-refractivity contribution in [3.05, 3.63) is 115 Å². The van der Waals surface area contributed by atoms with Crippen molar-refractivity contribution in [2.45, 2.75) is 0 Å². The summed E-state index contributed by atoms with van der Waals surface area (Å²) in [6, 6.07) is 35.7. The fraction of sp³-hybridized carbons (Fsp3) is 0. The van der Waals surface area contributed by atoms with Crippen molar-refractivity contribution in [2.75, 3.05) is 0 Å². The fourth-order valence-electron chi connectivity index (χ4n) is 5.16. The first-order chi connectivity index (χ1) is 16.8. The molecule has 0 radical (unpaired) electrons. The average Bonchev–Trinajstić information content (AvgIpc) is 3.41. The zero-order valence-electron chi connectivity index (χ0n) is 18.2. The largest absolute Gasteiger partial charge is 0.309 e. The van der Waals surface area contributed by atoms with Crippen LogP contribution in [0.5, 0.6) is 0 Å². The van der Waals surface area contributed by atoms with Crippen LogP contribution in [0.4, 0.5) is 0 Å². The van der Waals surface area contributed by atoms with Crippen LogP contribution in [0.3, 0.4) is 0 Å². The highest BCUT2D eigenvalue weighted by Crippen LogP contribution is 2.36. The van der Waals surface area contributed by atoms with Crippen molar-refractivity contribution in [3.8, 4) is 17.4 Å². The van der Waals surface area contributed by atoms with E-state index in [0.29, 0.717) is 5.56 Å². The van der Waals surface area contributed by atoms with E-state index in [4.69, 9.17) is 0 Å². The highest BCUT2D eigenvalue weighted by Gasteiger charge is 2.16. The number of nitriles is 1. The number of aromatic nitrogens is 3. The van der Waals surface area contributed by atoms with E-state index in [2.05, 4.69) is 86.9 Å². The summed E-state index contributed by atoms with van der Waals surface area (Å²) in [4.78, 5) is 4.43. The van der Waals surface area contributed by atoms with Gasteiger partial charge in [-0.2, -0.15) is 5.26 Å². The molecule has 0 saturated heterocycles. The highest BCUT2D eigenvalue weighted by molar-refractivity contribution is 6.12. The van der Waals surface area contributed by atoms with Crippen molar-refractivity contribution in [1.82, 2.24) is 14.1 Å². The summed E-state index contributed by atoms with van der Waals surface area (Å²) < 4.78 is 4.58. The van der Waals surface area contributed by atoms with Crippen molar-refractivity contribution in [1.29, 1.82) is 5.26 Å². The Hall–Kier alpha value is -4.88. The van der Waals surface area contributed by atoms with Gasteiger partial charge < -0.3 is 9.13 Å². The van der Waals surface area contributed by atoms with E-state index >= 15 is 0 Å². The molecule has 0 spiro atoms. The van der Waals surface area contributed by atoms with E-state index in [9.17, 15) is 5.26 Å². The Morgan fingerprint density at radius 1 is 0.559 bits per heavy atom. The molecule has 7 rings (SSSR count). The molecule has 7 aromatic rings. The second-order valence-corrected chi connectivity index (χ2v) is 8.46. The number of pyridine rings is 1. The third kappa shape index (κ3) is 2.55. The van der Waals surface area contributed by atoms with Crippen LogP contribution in [0, 0.1) is 11.3 Å². The maximum Gasteiger partial charge on any atom is 0.0991 e. The summed E-state index contributed by atoms with van der Waals surface area (Å²) in [6.07, 6.45) is 3.77. The molecule has 0 bridgehead atoms. The molecular weight excluding hydrogens is 416 g/mol. The SMILES string of the molecule is N#Cc1ccc(-n2c3ccncc3c3cc(-n4c5ccccc5c5ccccc54)ccc32)cc1. The van der Waals surface area contributed by atoms with Crippen LogP contribution < -0.4 is 0 Å². The highest BCUT2D eigenvalue weighted by atomic mass is 15.0. The summed E-state index contributed by atoms with van der Waals surface area (Å²) in [5, 5.41) is 14.0. The molecule has 0 aliphatic rings. The number of nitrogens with zero attached hydrogens (tertiary/aromatic N) is 4. The lowest BCUT2D eigenvalue weighted by atomic mass is 10.1. The molecule has 158 valence electrons. The number of benzene rings is 4. The lowest BCUT2D eigenvalue weighted by Gasteiger charge is -2.10. The summed E-state index contributed by atoms with van der Waals surface area (Å²) in [7, 11) is 0. The number of hydrogen-bond acceptors (Lipinski definition) is 2. The second kappa shape index (κ2) is 7.06. The third-order valence-corrected chi connectivity index (χ3v) is 6.64. The molecule has 0 aliphatic heterocycles. The predicted molar refractivity (Wildman–Crippen MR) is 138 cm³/mol. The molecule has 0 amide bonds. The summed E-state index contributed by atoms with van der Waals surface area (Å²) >= 11 is 0. The molecule has 0 unspecified atom stereocenters. The molecule has 0 fully saturated rings. The first-order valence-corrected chi connectivity index (χ1v) is 11.2. The molecule has 0 atom stereocenters. The van der Waals surface area contributed by atoms with Crippen molar-refractivity contribution < 1.29 is 0 Å². The van der Waals surface area contributed by atoms with Gasteiger partial charge in [-0.05, 0) is 60.7 Å². The molecular formula is C30H18N4. The molecule has 3 heterocycles. The van der Waals surface area contributed by atoms with Crippen molar-refractivity contribution in [3.63, 3.8) is 0 Å². The molecule has 4 aromatic carbocycles. The molecule has 4 nitrogen and oxygen atoms in total. The van der Waals surface area contributed by atoms with Crippen molar-refractivity contribution in [2.24, 2.45) is 0 Å². The normalized spacial score (nSPS) is 11.5. The quantitative estimate of drug-likeness (QED) is 0.290. The zero-order chi connectivity index (χ0) is 22.6. The Labute approximate surface area is 195 Å². The van der Waals surface area contributed by atoms with Gasteiger partial charge in [0.15, 0.2) is 0 Å². The van der Waals surface area contributed by atoms with Crippen LogP contribution in [0.1, 0.15) is 5.56 Å². The van der Waals surface area contributed by atoms with Gasteiger partial charge in [0, 0.05) is 45.3 Å². The van der Waals surface area contributed by atoms with Gasteiger partial charge >= 0.3 is 0 Å². The van der Waals surface area contributed by atoms with E-state index in [-0.39, 0.29) is 0 Å². The van der Waals surface area contributed by atoms with Crippen LogP contribution in [-0.4, -0.2) is 14.1 Å². The predicted octanol–water partition coefficient (Wildman–Crippen LogP) is 7.15. The number of fused-ring (bicyclic) bond motifs is 6. The van der Waals surface area contributed by atoms with Gasteiger partial charge in [0.2, 0.25) is 0 Å². The topological polar surface area (TPSA) is 46.5 Å². The maximum atomic E-state index is 9.21. The minimum atomic E-state index is 0.653. The van der Waals surface area contributed by atoms with Crippen LogP contribution in [0.15, 0.2) is 109 Å². The number of para-hydroxylation sites is 2. The molecule has 0 saturated carbocycles. The molecule has 4 heteroatoms. The fourth-order valence-corrected chi connectivity index (χ4v) is 5.16. The van der Waals surface area contributed by atoms with Crippen LogP contribution in [-0.2, 0) is 0 Å². The van der Waals surface area contributed by atoms with E-state index in [1.165, 1.54) is 21.8 Å². The molecule has 3 aromatic heterocycles. The summed E-state index contributed by atoms with van der Waals surface area (Å²) in [5.41, 5.74) is 7.38. The van der Waals surface area contributed by atoms with Gasteiger partial charge in [0.25, 0.3) is 0 Å². The first-order valence-electron chi connectivity index (χ1n) is 11.2. The molecule has 0 aliphatic carbocycles. The Morgan fingerprint density at radius 3 is 1.85 bits per heavy atom. The standard InChI is InChI=1S/C30H18N4/c31-18-20-9-11-21(12-10-20)33-29-14-13-22(17-25(29)26-19-32-16-15-30(26)33)34-27-7-3-1-5-23(27)24-6-2-4-8-28(24)34/h1-17,19H. The van der Waals surface area contributed by atoms with Gasteiger partial charge in [-0.3, -0.25) is 4.98 Å². The van der Waals surface area contributed by atoms with E-state index in [1.54, 1.807) is 0 Å². The minimum Gasteiger partial charge on any atom is -0.309 e. The summed E-state index contributed by atoms with van der Waals surface area (Å²) in [5.74, 6) is 0. The van der Waals surface area contributed by atoms with E-state index in [0.717, 1.165) is 33.2 Å². The van der Waals surface area contributed by atoms with Gasteiger partial charge in [0.05, 0.1) is 33.7 Å². The Morgan fingerprint density at radius 2 is 1.15 bits per heavy atom. The number of hydrogen-bond donors (Lipinski definition) is 0. The van der Waals surface area contributed by atoms with Gasteiger partial charge in [-0.25, -0.2) is 0 Å². The molecule has 34 heavy (non-hydrogen) atoms. The zero-order valence-corrected chi connectivity index (χ0v) is 18.2. The minimum absolute atomic E-state index is 0.653. The van der Waals surface area contributed by atoms with Crippen molar-refractivity contribution >= 4 is 43.6 Å². The number of rotatable bonds is 2. The van der Waals surface area contributed by atoms with Gasteiger partial charge in [-0.1, -0.05) is 36.4 Å². The van der Waals surface area contributed by atoms with Crippen LogP contribution >= 0.6 is 0 Å². The average molecular weight is 435 g/mol. The Kier molecular flexibility index (Phi) is 3.88. The molecule has 0 N–H and O–H groups in total. The monoisotopic (exact) mass is 434 g/mol. The lowest BCUT2D eigenvalue weighted by molar-refractivity contribution is 1.16. The first kappa shape index (κ1) is 18.7. The Bertz CT molecular complexity index is 1860.